The van der Waals surface area contributed by atoms with Gasteiger partial charge in [-0.15, -0.1) is 0 Å². The Morgan fingerprint density at radius 3 is 2.30 bits per heavy atom. The van der Waals surface area contributed by atoms with Gasteiger partial charge in [-0.2, -0.15) is 0 Å². The van der Waals surface area contributed by atoms with Gasteiger partial charge >= 0.3 is 0 Å². The smallest absolute Gasteiger partial charge is 0.291 e. The van der Waals surface area contributed by atoms with Crippen LogP contribution in [0, 0.1) is 0 Å². The second-order valence-corrected chi connectivity index (χ2v) is 7.54. The van der Waals surface area contributed by atoms with Crippen molar-refractivity contribution in [2.24, 2.45) is 0 Å². The number of carbonyl (C=O) groups excluding carboxylic acids is 1. The van der Waals surface area contributed by atoms with E-state index in [1.165, 1.54) is 27.6 Å². The standard InChI is InChI=1S/C25H21NO7/c1-29-18-11-14(12-19(30-2)23(18)31-3)21-20-22(27)16-8-4-5-9-17(16)33-24(20)25(28)26(21)13-15-7-6-10-32-15/h4-12,21H,13H2,1-3H3/t21-/m1/s1. The van der Waals surface area contributed by atoms with E-state index in [-0.39, 0.29) is 23.3 Å². The molecule has 0 aliphatic carbocycles. The molecule has 0 bridgehead atoms. The van der Waals surface area contributed by atoms with Gasteiger partial charge < -0.3 is 27.9 Å². The van der Waals surface area contributed by atoms with Crippen LogP contribution >= 0.6 is 0 Å². The molecule has 33 heavy (non-hydrogen) atoms. The van der Waals surface area contributed by atoms with Crippen LogP contribution in [-0.2, 0) is 6.54 Å². The van der Waals surface area contributed by atoms with Crippen LogP contribution in [0.15, 0.2) is 68.4 Å². The summed E-state index contributed by atoms with van der Waals surface area (Å²) < 4.78 is 27.9. The predicted molar refractivity (Wildman–Crippen MR) is 119 cm³/mol. The van der Waals surface area contributed by atoms with Crippen molar-refractivity contribution in [3.05, 3.63) is 87.7 Å². The number of amides is 1. The summed E-state index contributed by atoms with van der Waals surface area (Å²) in [5.74, 6) is 1.43. The lowest BCUT2D eigenvalue weighted by molar-refractivity contribution is 0.0701. The molecule has 4 aromatic rings. The normalized spacial score (nSPS) is 15.1. The average Bonchev–Trinajstić information content (AvgIpc) is 3.45. The third kappa shape index (κ3) is 3.22. The van der Waals surface area contributed by atoms with Gasteiger partial charge in [0.2, 0.25) is 11.5 Å². The Bertz CT molecular complexity index is 1380. The molecule has 1 aliphatic heterocycles. The molecular weight excluding hydrogens is 426 g/mol. The lowest BCUT2D eigenvalue weighted by atomic mass is 9.97. The van der Waals surface area contributed by atoms with Crippen molar-refractivity contribution in [2.45, 2.75) is 12.6 Å². The van der Waals surface area contributed by atoms with Gasteiger partial charge in [0.1, 0.15) is 11.3 Å². The highest BCUT2D eigenvalue weighted by atomic mass is 16.5. The number of fused-ring (bicyclic) bond motifs is 2. The first kappa shape index (κ1) is 20.7. The molecule has 5 rings (SSSR count). The fourth-order valence-electron chi connectivity index (χ4n) is 4.31. The van der Waals surface area contributed by atoms with Crippen LogP contribution in [0.5, 0.6) is 17.2 Å². The fraction of sp³-hybridized carbons (Fsp3) is 0.200. The minimum Gasteiger partial charge on any atom is -0.493 e. The van der Waals surface area contributed by atoms with Crippen molar-refractivity contribution in [2.75, 3.05) is 21.3 Å². The number of nitrogens with zero attached hydrogens (tertiary/aromatic N) is 1. The average molecular weight is 447 g/mol. The van der Waals surface area contributed by atoms with E-state index >= 15 is 0 Å². The van der Waals surface area contributed by atoms with Crippen LogP contribution in [0.2, 0.25) is 0 Å². The molecule has 1 aliphatic rings. The van der Waals surface area contributed by atoms with Gasteiger partial charge in [-0.05, 0) is 42.0 Å². The molecule has 0 radical (unpaired) electrons. The summed E-state index contributed by atoms with van der Waals surface area (Å²) in [4.78, 5) is 28.6. The zero-order valence-electron chi connectivity index (χ0n) is 18.3. The summed E-state index contributed by atoms with van der Waals surface area (Å²) in [5, 5.41) is 0.404. The van der Waals surface area contributed by atoms with Crippen LogP contribution < -0.4 is 19.6 Å². The Morgan fingerprint density at radius 1 is 0.939 bits per heavy atom. The highest BCUT2D eigenvalue weighted by Gasteiger charge is 2.43. The van der Waals surface area contributed by atoms with E-state index in [1.807, 2.05) is 0 Å². The minimum atomic E-state index is -0.743. The fourth-order valence-corrected chi connectivity index (χ4v) is 4.31. The summed E-state index contributed by atoms with van der Waals surface area (Å²) in [5.41, 5.74) is 0.976. The largest absolute Gasteiger partial charge is 0.493 e. The molecule has 1 atom stereocenters. The molecule has 168 valence electrons. The van der Waals surface area contributed by atoms with Gasteiger partial charge in [0.25, 0.3) is 5.91 Å². The van der Waals surface area contributed by atoms with Crippen molar-refractivity contribution in [3.8, 4) is 17.2 Å². The Balaban J connectivity index is 1.77. The van der Waals surface area contributed by atoms with Gasteiger partial charge in [0, 0.05) is 0 Å². The number of ether oxygens (including phenoxy) is 3. The summed E-state index contributed by atoms with van der Waals surface area (Å²) in [6.45, 7) is 0.146. The zero-order chi connectivity index (χ0) is 23.1. The first-order chi connectivity index (χ1) is 16.1. The summed E-state index contributed by atoms with van der Waals surface area (Å²) in [6, 6.07) is 13.1. The maximum atomic E-state index is 13.6. The summed E-state index contributed by atoms with van der Waals surface area (Å²) in [7, 11) is 4.53. The lowest BCUT2D eigenvalue weighted by Gasteiger charge is -2.25. The van der Waals surface area contributed by atoms with Gasteiger partial charge in [-0.25, -0.2) is 0 Å². The van der Waals surface area contributed by atoms with E-state index in [0.29, 0.717) is 39.5 Å². The van der Waals surface area contributed by atoms with Crippen molar-refractivity contribution in [1.29, 1.82) is 0 Å². The van der Waals surface area contributed by atoms with Crippen LogP contribution in [-0.4, -0.2) is 32.1 Å². The van der Waals surface area contributed by atoms with Crippen LogP contribution in [0.3, 0.4) is 0 Å². The van der Waals surface area contributed by atoms with Crippen LogP contribution in [0.4, 0.5) is 0 Å². The quantitative estimate of drug-likeness (QED) is 0.438. The summed E-state index contributed by atoms with van der Waals surface area (Å²) in [6.07, 6.45) is 1.54. The second-order valence-electron chi connectivity index (χ2n) is 7.54. The van der Waals surface area contributed by atoms with E-state index in [1.54, 1.807) is 53.4 Å². The molecule has 3 heterocycles. The Morgan fingerprint density at radius 2 is 1.67 bits per heavy atom. The van der Waals surface area contributed by atoms with Crippen molar-refractivity contribution >= 4 is 16.9 Å². The molecule has 0 N–H and O–H groups in total. The van der Waals surface area contributed by atoms with Gasteiger partial charge in [0.05, 0.1) is 51.1 Å². The number of benzene rings is 2. The lowest BCUT2D eigenvalue weighted by Crippen LogP contribution is -2.29. The van der Waals surface area contributed by atoms with E-state index in [2.05, 4.69) is 0 Å². The number of methoxy groups -OCH3 is 3. The van der Waals surface area contributed by atoms with E-state index < -0.39 is 11.9 Å². The summed E-state index contributed by atoms with van der Waals surface area (Å²) >= 11 is 0. The molecule has 0 spiro atoms. The molecule has 2 aromatic carbocycles. The first-order valence-electron chi connectivity index (χ1n) is 10.3. The molecule has 0 fully saturated rings. The van der Waals surface area contributed by atoms with E-state index in [4.69, 9.17) is 23.0 Å². The number of hydrogen-bond acceptors (Lipinski definition) is 7. The maximum absolute atomic E-state index is 13.6. The second kappa shape index (κ2) is 8.05. The molecule has 8 nitrogen and oxygen atoms in total. The number of carbonyl (C=O) groups is 1. The maximum Gasteiger partial charge on any atom is 0.291 e. The SMILES string of the molecule is COc1cc([C@@H]2c3c(oc4ccccc4c3=O)C(=O)N2Cc2ccco2)cc(OC)c1OC. The zero-order valence-corrected chi connectivity index (χ0v) is 18.3. The number of hydrogen-bond donors (Lipinski definition) is 0. The molecular formula is C25H21NO7. The van der Waals surface area contributed by atoms with Crippen LogP contribution in [0.1, 0.15) is 33.5 Å². The predicted octanol–water partition coefficient (Wildman–Crippen LogP) is 4.16. The first-order valence-corrected chi connectivity index (χ1v) is 10.3. The van der Waals surface area contributed by atoms with E-state index in [0.717, 1.165) is 0 Å². The molecule has 1 amide bonds. The Labute approximate surface area is 188 Å². The highest BCUT2D eigenvalue weighted by Crippen LogP contribution is 2.45. The number of furan rings is 1. The number of rotatable bonds is 6. The molecule has 0 saturated carbocycles. The molecule has 0 saturated heterocycles. The Kier molecular flexibility index (Phi) is 5.05. The van der Waals surface area contributed by atoms with Crippen molar-refractivity contribution < 1.29 is 27.8 Å². The Hall–Kier alpha value is -4.20. The molecule has 2 aromatic heterocycles. The number of para-hydroxylation sites is 1. The van der Waals surface area contributed by atoms with Crippen molar-refractivity contribution in [3.63, 3.8) is 0 Å². The third-order valence-corrected chi connectivity index (χ3v) is 5.78. The van der Waals surface area contributed by atoms with Crippen molar-refractivity contribution in [1.82, 2.24) is 4.90 Å². The van der Waals surface area contributed by atoms with Gasteiger partial charge in [-0.1, -0.05) is 12.1 Å². The van der Waals surface area contributed by atoms with Gasteiger partial charge in [0.15, 0.2) is 16.9 Å². The topological polar surface area (TPSA) is 91.4 Å². The molecule has 0 unspecified atom stereocenters. The van der Waals surface area contributed by atoms with E-state index in [9.17, 15) is 9.59 Å². The molecule has 8 heteroatoms. The minimum absolute atomic E-state index is 0.0176. The monoisotopic (exact) mass is 447 g/mol. The van der Waals surface area contributed by atoms with Crippen LogP contribution in [0.25, 0.3) is 11.0 Å². The van der Waals surface area contributed by atoms with Gasteiger partial charge in [-0.3, -0.25) is 9.59 Å². The highest BCUT2D eigenvalue weighted by molar-refractivity contribution is 5.99. The third-order valence-electron chi connectivity index (χ3n) is 5.78.